The first-order valence-electron chi connectivity index (χ1n) is 12.7. The molecular weight excluding hydrogens is 484 g/mol. The highest BCUT2D eigenvalue weighted by Crippen LogP contribution is 2.36. The van der Waals surface area contributed by atoms with Crippen LogP contribution in [-0.2, 0) is 13.0 Å². The molecule has 0 spiro atoms. The van der Waals surface area contributed by atoms with E-state index in [0.717, 1.165) is 19.5 Å². The van der Waals surface area contributed by atoms with E-state index in [1.54, 1.807) is 45.5 Å². The first-order valence-corrected chi connectivity index (χ1v) is 12.7. The fourth-order valence-corrected chi connectivity index (χ4v) is 5.12. The number of nitrogens with two attached hydrogens (primary N) is 1. The number of primary amides is 1. The standard InChI is InChI=1S/C27H32N8O3/c1-34(2)26(37)16-7-6-8-19(11-16)29-25-23(24(28)36)32-33-27(31-25)30-21-13-18-15-35-10-5-4-9-20(35)12-17(18)14-22(21)38-3/h6-8,11,13-14,20H,4-5,9-10,12,15H2,1-3H3,(H2,28,36)(H2,29,30,31,33). The van der Waals surface area contributed by atoms with E-state index in [2.05, 4.69) is 42.8 Å². The van der Waals surface area contributed by atoms with E-state index in [0.29, 0.717) is 28.7 Å². The number of nitrogens with zero attached hydrogens (tertiary/aromatic N) is 5. The summed E-state index contributed by atoms with van der Waals surface area (Å²) in [4.78, 5) is 33.0. The van der Waals surface area contributed by atoms with Crippen molar-refractivity contribution in [2.24, 2.45) is 5.73 Å². The fourth-order valence-electron chi connectivity index (χ4n) is 5.12. The van der Waals surface area contributed by atoms with Gasteiger partial charge < -0.3 is 26.0 Å². The molecule has 1 unspecified atom stereocenters. The molecule has 38 heavy (non-hydrogen) atoms. The lowest BCUT2D eigenvalue weighted by molar-refractivity contribution is 0.0827. The summed E-state index contributed by atoms with van der Waals surface area (Å²) >= 11 is 0. The maximum Gasteiger partial charge on any atom is 0.273 e. The van der Waals surface area contributed by atoms with Crippen LogP contribution in [0.1, 0.15) is 51.2 Å². The van der Waals surface area contributed by atoms with Crippen molar-refractivity contribution in [3.8, 4) is 5.75 Å². The van der Waals surface area contributed by atoms with E-state index in [-0.39, 0.29) is 23.4 Å². The Kier molecular flexibility index (Phi) is 7.10. The number of anilines is 4. The maximum atomic E-state index is 12.4. The van der Waals surface area contributed by atoms with Crippen LogP contribution in [0.25, 0.3) is 0 Å². The van der Waals surface area contributed by atoms with E-state index in [9.17, 15) is 9.59 Å². The second-order valence-electron chi connectivity index (χ2n) is 9.87. The van der Waals surface area contributed by atoms with Crippen LogP contribution in [0.5, 0.6) is 5.75 Å². The molecule has 198 valence electrons. The molecule has 11 nitrogen and oxygen atoms in total. The third kappa shape index (κ3) is 5.23. The predicted octanol–water partition coefficient (Wildman–Crippen LogP) is 3.08. The minimum absolute atomic E-state index is 0.117. The molecule has 0 bridgehead atoms. The summed E-state index contributed by atoms with van der Waals surface area (Å²) in [6, 6.07) is 11.6. The molecule has 1 aromatic heterocycles. The van der Waals surface area contributed by atoms with Gasteiger partial charge in [0.05, 0.1) is 12.8 Å². The number of nitrogens with one attached hydrogen (secondary N) is 2. The highest BCUT2D eigenvalue weighted by molar-refractivity contribution is 5.97. The summed E-state index contributed by atoms with van der Waals surface area (Å²) in [5.41, 5.74) is 9.70. The van der Waals surface area contributed by atoms with Crippen molar-refractivity contribution in [2.75, 3.05) is 38.4 Å². The molecule has 5 rings (SSSR count). The lowest BCUT2D eigenvalue weighted by Gasteiger charge is -2.40. The van der Waals surface area contributed by atoms with Crippen LogP contribution in [0.2, 0.25) is 0 Å². The van der Waals surface area contributed by atoms with Gasteiger partial charge in [-0.2, -0.15) is 4.98 Å². The van der Waals surface area contributed by atoms with Crippen molar-refractivity contribution in [3.63, 3.8) is 0 Å². The minimum Gasteiger partial charge on any atom is -0.495 e. The number of amides is 2. The van der Waals surface area contributed by atoms with Gasteiger partial charge in [-0.1, -0.05) is 12.5 Å². The van der Waals surface area contributed by atoms with Crippen molar-refractivity contribution in [1.29, 1.82) is 0 Å². The van der Waals surface area contributed by atoms with Gasteiger partial charge in [0.25, 0.3) is 11.8 Å². The molecule has 1 fully saturated rings. The summed E-state index contributed by atoms with van der Waals surface area (Å²) in [7, 11) is 4.99. The third-order valence-corrected chi connectivity index (χ3v) is 7.04. The number of piperidine rings is 1. The van der Waals surface area contributed by atoms with E-state index < -0.39 is 5.91 Å². The Morgan fingerprint density at radius 1 is 1.11 bits per heavy atom. The van der Waals surface area contributed by atoms with Gasteiger partial charge in [-0.05, 0) is 67.3 Å². The SMILES string of the molecule is COc1cc2c(cc1Nc1nnc(C(N)=O)c(Nc3cccc(C(=O)N(C)C)c3)n1)CN1CCCCC1C2. The minimum atomic E-state index is -0.776. The van der Waals surface area contributed by atoms with Crippen molar-refractivity contribution in [2.45, 2.75) is 38.3 Å². The molecule has 3 heterocycles. The van der Waals surface area contributed by atoms with Crippen LogP contribution in [0, 0.1) is 0 Å². The number of fused-ring (bicyclic) bond motifs is 2. The van der Waals surface area contributed by atoms with Gasteiger partial charge in [-0.3, -0.25) is 14.5 Å². The van der Waals surface area contributed by atoms with Gasteiger partial charge >= 0.3 is 0 Å². The smallest absolute Gasteiger partial charge is 0.273 e. The quantitative estimate of drug-likeness (QED) is 0.432. The molecule has 1 atom stereocenters. The molecule has 0 aliphatic carbocycles. The van der Waals surface area contributed by atoms with Crippen LogP contribution < -0.4 is 21.1 Å². The van der Waals surface area contributed by atoms with Crippen LogP contribution >= 0.6 is 0 Å². The summed E-state index contributed by atoms with van der Waals surface area (Å²) in [6.07, 6.45) is 4.77. The summed E-state index contributed by atoms with van der Waals surface area (Å²) < 4.78 is 5.68. The van der Waals surface area contributed by atoms with Crippen molar-refractivity contribution >= 4 is 35.0 Å². The van der Waals surface area contributed by atoms with Gasteiger partial charge in [0.2, 0.25) is 5.95 Å². The second kappa shape index (κ2) is 10.6. The van der Waals surface area contributed by atoms with Gasteiger partial charge in [-0.15, -0.1) is 10.2 Å². The van der Waals surface area contributed by atoms with E-state index in [4.69, 9.17) is 10.5 Å². The molecule has 2 aliphatic heterocycles. The molecule has 2 aromatic carbocycles. The number of rotatable bonds is 7. The summed E-state index contributed by atoms with van der Waals surface area (Å²) in [5, 5.41) is 14.4. The number of benzene rings is 2. The number of carbonyl (C=O) groups is 2. The molecule has 0 saturated carbocycles. The summed E-state index contributed by atoms with van der Waals surface area (Å²) in [5.74, 6) is 0.0461. The lowest BCUT2D eigenvalue weighted by Crippen LogP contribution is -2.43. The largest absolute Gasteiger partial charge is 0.495 e. The van der Waals surface area contributed by atoms with Crippen molar-refractivity contribution in [1.82, 2.24) is 25.0 Å². The lowest BCUT2D eigenvalue weighted by atomic mass is 9.88. The molecule has 2 amide bonds. The maximum absolute atomic E-state index is 12.4. The Hall–Kier alpha value is -4.25. The van der Waals surface area contributed by atoms with Gasteiger partial charge in [-0.25, -0.2) is 0 Å². The average Bonchev–Trinajstić information content (AvgIpc) is 2.91. The molecule has 3 aromatic rings. The predicted molar refractivity (Wildman–Crippen MR) is 144 cm³/mol. The molecule has 0 radical (unpaired) electrons. The Balaban J connectivity index is 1.43. The van der Waals surface area contributed by atoms with Crippen molar-refractivity contribution < 1.29 is 14.3 Å². The number of aromatic nitrogens is 3. The third-order valence-electron chi connectivity index (χ3n) is 7.04. The Bertz CT molecular complexity index is 1380. The Morgan fingerprint density at radius 2 is 1.95 bits per heavy atom. The highest BCUT2D eigenvalue weighted by atomic mass is 16.5. The molecule has 11 heteroatoms. The van der Waals surface area contributed by atoms with E-state index >= 15 is 0 Å². The van der Waals surface area contributed by atoms with Crippen molar-refractivity contribution in [3.05, 3.63) is 58.8 Å². The Labute approximate surface area is 221 Å². The number of methoxy groups -OCH3 is 1. The summed E-state index contributed by atoms with van der Waals surface area (Å²) in [6.45, 7) is 2.02. The van der Waals surface area contributed by atoms with Crippen LogP contribution in [0.4, 0.5) is 23.1 Å². The monoisotopic (exact) mass is 516 g/mol. The molecule has 1 saturated heterocycles. The first kappa shape index (κ1) is 25.4. The zero-order valence-corrected chi connectivity index (χ0v) is 21.8. The van der Waals surface area contributed by atoms with E-state index in [1.807, 2.05) is 0 Å². The van der Waals surface area contributed by atoms with Crippen LogP contribution in [0.15, 0.2) is 36.4 Å². The molecular formula is C27H32N8O3. The number of carbonyl (C=O) groups excluding carboxylic acids is 2. The molecule has 4 N–H and O–H groups in total. The second-order valence-corrected chi connectivity index (χ2v) is 9.87. The normalized spacial score (nSPS) is 16.7. The Morgan fingerprint density at radius 3 is 2.71 bits per heavy atom. The van der Waals surface area contributed by atoms with Gasteiger partial charge in [0, 0.05) is 37.9 Å². The van der Waals surface area contributed by atoms with Crippen LogP contribution in [0.3, 0.4) is 0 Å². The topological polar surface area (TPSA) is 139 Å². The van der Waals surface area contributed by atoms with Gasteiger partial charge in [0.1, 0.15) is 5.75 Å². The zero-order valence-electron chi connectivity index (χ0n) is 21.8. The zero-order chi connectivity index (χ0) is 26.8. The number of hydrogen-bond donors (Lipinski definition) is 3. The first-order chi connectivity index (χ1) is 18.3. The fraction of sp³-hybridized carbons (Fsp3) is 0.370. The molecule has 2 aliphatic rings. The number of hydrogen-bond acceptors (Lipinski definition) is 9. The average molecular weight is 517 g/mol. The van der Waals surface area contributed by atoms with Crippen LogP contribution in [-0.4, -0.2) is 70.6 Å². The number of ether oxygens (including phenoxy) is 1. The van der Waals surface area contributed by atoms with Gasteiger partial charge in [0.15, 0.2) is 11.5 Å². The highest BCUT2D eigenvalue weighted by Gasteiger charge is 2.29. The van der Waals surface area contributed by atoms with E-state index in [1.165, 1.54) is 35.3 Å².